The molecule has 176 valence electrons. The van der Waals surface area contributed by atoms with E-state index in [2.05, 4.69) is 5.16 Å². The van der Waals surface area contributed by atoms with Gasteiger partial charge in [0, 0.05) is 38.3 Å². The molecule has 0 spiro atoms. The standard InChI is InChI=1S/C22H31FN4O4S/c1-16-21(17(2)31-24-16)32(29,30)26-11-9-25(10-12-26)15-20(28)27(22(3,4)5)14-18-7-6-8-19(23)13-18/h6-8,13H,9-12,14-15H2,1-5H3. The Kier molecular flexibility index (Phi) is 7.06. The van der Waals surface area contributed by atoms with Crippen molar-refractivity contribution < 1.29 is 22.1 Å². The summed E-state index contributed by atoms with van der Waals surface area (Å²) in [5, 5.41) is 3.75. The van der Waals surface area contributed by atoms with Gasteiger partial charge in [-0.05, 0) is 52.3 Å². The van der Waals surface area contributed by atoms with Gasteiger partial charge in [0.1, 0.15) is 16.4 Å². The second-order valence-electron chi connectivity index (χ2n) is 9.11. The number of hydrogen-bond donors (Lipinski definition) is 0. The zero-order valence-corrected chi connectivity index (χ0v) is 20.1. The molecular formula is C22H31FN4O4S. The second-order valence-corrected chi connectivity index (χ2v) is 11.0. The third-order valence-corrected chi connectivity index (χ3v) is 7.74. The van der Waals surface area contributed by atoms with Gasteiger partial charge in [-0.3, -0.25) is 9.69 Å². The summed E-state index contributed by atoms with van der Waals surface area (Å²) in [6.45, 7) is 10.9. The van der Waals surface area contributed by atoms with Crippen LogP contribution in [0.15, 0.2) is 33.7 Å². The van der Waals surface area contributed by atoms with Crippen LogP contribution in [0.3, 0.4) is 0 Å². The van der Waals surface area contributed by atoms with Crippen molar-refractivity contribution in [3.8, 4) is 0 Å². The van der Waals surface area contributed by atoms with E-state index in [1.165, 1.54) is 16.4 Å². The van der Waals surface area contributed by atoms with E-state index in [0.29, 0.717) is 25.3 Å². The SMILES string of the molecule is Cc1noc(C)c1S(=O)(=O)N1CCN(CC(=O)N(Cc2cccc(F)c2)C(C)(C)C)CC1. The lowest BCUT2D eigenvalue weighted by Crippen LogP contribution is -2.54. The van der Waals surface area contributed by atoms with Crippen LogP contribution in [0.1, 0.15) is 37.8 Å². The molecule has 0 radical (unpaired) electrons. The maximum absolute atomic E-state index is 13.6. The first kappa shape index (κ1) is 24.3. The van der Waals surface area contributed by atoms with Gasteiger partial charge < -0.3 is 9.42 Å². The molecule has 10 heteroatoms. The average Bonchev–Trinajstić information content (AvgIpc) is 3.04. The van der Waals surface area contributed by atoms with Crippen molar-refractivity contribution in [2.24, 2.45) is 0 Å². The lowest BCUT2D eigenvalue weighted by atomic mass is 10.0. The van der Waals surface area contributed by atoms with Crippen LogP contribution in [0.2, 0.25) is 0 Å². The van der Waals surface area contributed by atoms with Crippen LogP contribution in [0.25, 0.3) is 0 Å². The minimum Gasteiger partial charge on any atom is -0.360 e. The largest absolute Gasteiger partial charge is 0.360 e. The zero-order valence-electron chi connectivity index (χ0n) is 19.3. The quantitative estimate of drug-likeness (QED) is 0.650. The van der Waals surface area contributed by atoms with E-state index in [4.69, 9.17) is 4.52 Å². The van der Waals surface area contributed by atoms with E-state index >= 15 is 0 Å². The van der Waals surface area contributed by atoms with Gasteiger partial charge >= 0.3 is 0 Å². The molecule has 0 saturated carbocycles. The Labute approximate surface area is 189 Å². The highest BCUT2D eigenvalue weighted by Crippen LogP contribution is 2.24. The van der Waals surface area contributed by atoms with E-state index in [9.17, 15) is 17.6 Å². The van der Waals surface area contributed by atoms with Gasteiger partial charge in [-0.2, -0.15) is 4.31 Å². The molecule has 1 aliphatic heterocycles. The fraction of sp³-hybridized carbons (Fsp3) is 0.545. The summed E-state index contributed by atoms with van der Waals surface area (Å²) < 4.78 is 46.0. The van der Waals surface area contributed by atoms with Gasteiger partial charge in [0.05, 0.1) is 6.54 Å². The second kappa shape index (κ2) is 9.29. The summed E-state index contributed by atoms with van der Waals surface area (Å²) in [5.41, 5.74) is 0.625. The highest BCUT2D eigenvalue weighted by Gasteiger charge is 2.34. The number of piperazine rings is 1. The Morgan fingerprint density at radius 3 is 2.38 bits per heavy atom. The van der Waals surface area contributed by atoms with E-state index in [-0.39, 0.29) is 42.0 Å². The molecule has 1 aromatic heterocycles. The summed E-state index contributed by atoms with van der Waals surface area (Å²) in [6.07, 6.45) is 0. The molecule has 1 amide bonds. The Morgan fingerprint density at radius 1 is 1.19 bits per heavy atom. The molecular weight excluding hydrogens is 435 g/mol. The minimum absolute atomic E-state index is 0.0798. The van der Waals surface area contributed by atoms with Gasteiger partial charge in [0.25, 0.3) is 0 Å². The number of aromatic nitrogens is 1. The number of amides is 1. The number of benzene rings is 1. The van der Waals surface area contributed by atoms with Crippen LogP contribution >= 0.6 is 0 Å². The molecule has 0 aliphatic carbocycles. The summed E-state index contributed by atoms with van der Waals surface area (Å²) in [6, 6.07) is 6.25. The molecule has 0 N–H and O–H groups in total. The number of carbonyl (C=O) groups is 1. The van der Waals surface area contributed by atoms with E-state index in [0.717, 1.165) is 5.56 Å². The number of halogens is 1. The normalized spacial score (nSPS) is 16.3. The number of nitrogens with zero attached hydrogens (tertiary/aromatic N) is 4. The maximum Gasteiger partial charge on any atom is 0.248 e. The molecule has 2 aromatic rings. The first-order valence-electron chi connectivity index (χ1n) is 10.6. The highest BCUT2D eigenvalue weighted by molar-refractivity contribution is 7.89. The van der Waals surface area contributed by atoms with Crippen molar-refractivity contribution in [1.82, 2.24) is 19.3 Å². The highest BCUT2D eigenvalue weighted by atomic mass is 32.2. The van der Waals surface area contributed by atoms with Gasteiger partial charge in [0.2, 0.25) is 15.9 Å². The maximum atomic E-state index is 13.6. The molecule has 0 atom stereocenters. The van der Waals surface area contributed by atoms with Gasteiger partial charge in [-0.15, -0.1) is 0 Å². The van der Waals surface area contributed by atoms with Gasteiger partial charge in [-0.25, -0.2) is 12.8 Å². The van der Waals surface area contributed by atoms with Crippen molar-refractivity contribution in [3.05, 3.63) is 47.1 Å². The van der Waals surface area contributed by atoms with E-state index < -0.39 is 15.6 Å². The molecule has 0 unspecified atom stereocenters. The molecule has 1 aromatic carbocycles. The number of rotatable bonds is 6. The minimum atomic E-state index is -3.70. The van der Waals surface area contributed by atoms with Crippen LogP contribution in [0.5, 0.6) is 0 Å². The van der Waals surface area contributed by atoms with Crippen molar-refractivity contribution in [2.75, 3.05) is 32.7 Å². The number of carbonyl (C=O) groups excluding carboxylic acids is 1. The third kappa shape index (κ3) is 5.36. The fourth-order valence-corrected chi connectivity index (χ4v) is 5.61. The lowest BCUT2D eigenvalue weighted by molar-refractivity contribution is -0.138. The molecule has 3 rings (SSSR count). The van der Waals surface area contributed by atoms with Crippen LogP contribution < -0.4 is 0 Å². The monoisotopic (exact) mass is 466 g/mol. The Balaban J connectivity index is 1.64. The van der Waals surface area contributed by atoms with Gasteiger partial charge in [-0.1, -0.05) is 17.3 Å². The van der Waals surface area contributed by atoms with Crippen LogP contribution in [-0.2, 0) is 21.4 Å². The van der Waals surface area contributed by atoms with Crippen LogP contribution in [0, 0.1) is 19.7 Å². The predicted octanol–water partition coefficient (Wildman–Crippen LogP) is 2.56. The average molecular weight is 467 g/mol. The van der Waals surface area contributed by atoms with Crippen LogP contribution in [-0.4, -0.2) is 71.8 Å². The third-order valence-electron chi connectivity index (χ3n) is 5.60. The molecule has 0 bridgehead atoms. The molecule has 32 heavy (non-hydrogen) atoms. The molecule has 1 aliphatic rings. The lowest BCUT2D eigenvalue weighted by Gasteiger charge is -2.39. The predicted molar refractivity (Wildman–Crippen MR) is 118 cm³/mol. The van der Waals surface area contributed by atoms with Gasteiger partial charge in [0.15, 0.2) is 5.76 Å². The first-order chi connectivity index (χ1) is 14.9. The molecule has 2 heterocycles. The van der Waals surface area contributed by atoms with Crippen molar-refractivity contribution in [3.63, 3.8) is 0 Å². The Bertz CT molecular complexity index is 1050. The van der Waals surface area contributed by atoms with Crippen LogP contribution in [0.4, 0.5) is 4.39 Å². The topological polar surface area (TPSA) is 87.0 Å². The van der Waals surface area contributed by atoms with E-state index in [1.54, 1.807) is 30.9 Å². The number of aryl methyl sites for hydroxylation is 2. The summed E-state index contributed by atoms with van der Waals surface area (Å²) in [5.74, 6) is -0.137. The smallest absolute Gasteiger partial charge is 0.248 e. The Hall–Kier alpha value is -2.30. The summed E-state index contributed by atoms with van der Waals surface area (Å²) >= 11 is 0. The molecule has 1 fully saturated rings. The zero-order chi connectivity index (χ0) is 23.7. The summed E-state index contributed by atoms with van der Waals surface area (Å²) in [7, 11) is -3.70. The first-order valence-corrected chi connectivity index (χ1v) is 12.0. The summed E-state index contributed by atoms with van der Waals surface area (Å²) in [4.78, 5) is 16.9. The van der Waals surface area contributed by atoms with E-state index in [1.807, 2.05) is 25.7 Å². The fourth-order valence-electron chi connectivity index (χ4n) is 3.89. The van der Waals surface area contributed by atoms with Crippen molar-refractivity contribution >= 4 is 15.9 Å². The number of sulfonamides is 1. The van der Waals surface area contributed by atoms with Crippen molar-refractivity contribution in [2.45, 2.75) is 51.6 Å². The number of hydrogen-bond acceptors (Lipinski definition) is 6. The molecule has 1 saturated heterocycles. The van der Waals surface area contributed by atoms with Crippen molar-refractivity contribution in [1.29, 1.82) is 0 Å². The molecule has 8 nitrogen and oxygen atoms in total. The Morgan fingerprint density at radius 2 is 1.84 bits per heavy atom.